The third kappa shape index (κ3) is 4.15. The van der Waals surface area contributed by atoms with Crippen LogP contribution in [0.5, 0.6) is 0 Å². The molecule has 1 heterocycles. The molecule has 2 amide bonds. The Hall–Kier alpha value is -4.59. The van der Waals surface area contributed by atoms with Gasteiger partial charge in [-0.2, -0.15) is 0 Å². The smallest absolute Gasteiger partial charge is 0.337 e. The van der Waals surface area contributed by atoms with Gasteiger partial charge in [-0.1, -0.05) is 12.1 Å². The highest BCUT2D eigenvalue weighted by Gasteiger charge is 2.25. The van der Waals surface area contributed by atoms with Gasteiger partial charge in [0.15, 0.2) is 0 Å². The summed E-state index contributed by atoms with van der Waals surface area (Å²) in [5.74, 6) is -1.05. The number of fused-ring (bicyclic) bond motifs is 1. The van der Waals surface area contributed by atoms with Crippen molar-refractivity contribution in [3.63, 3.8) is 0 Å². The van der Waals surface area contributed by atoms with Gasteiger partial charge in [0.2, 0.25) is 0 Å². The molecule has 0 aliphatic carbocycles. The van der Waals surface area contributed by atoms with Gasteiger partial charge in [0.05, 0.1) is 29.6 Å². The van der Waals surface area contributed by atoms with Crippen molar-refractivity contribution in [2.24, 2.45) is 0 Å². The second-order valence-electron chi connectivity index (χ2n) is 7.03. The van der Waals surface area contributed by atoms with Crippen LogP contribution in [0.3, 0.4) is 0 Å². The molecule has 0 aromatic heterocycles. The fourth-order valence-electron chi connectivity index (χ4n) is 3.25. The summed E-state index contributed by atoms with van der Waals surface area (Å²) >= 11 is 0. The summed E-state index contributed by atoms with van der Waals surface area (Å²) < 4.78 is 4.74. The predicted octanol–water partition coefficient (Wildman–Crippen LogP) is 3.71. The van der Waals surface area contributed by atoms with Gasteiger partial charge in [-0.25, -0.2) is 4.79 Å². The van der Waals surface area contributed by atoms with Crippen LogP contribution in [0.25, 0.3) is 5.57 Å². The van der Waals surface area contributed by atoms with E-state index < -0.39 is 5.97 Å². The number of nitrogens with two attached hydrogens (primary N) is 1. The summed E-state index contributed by atoms with van der Waals surface area (Å²) in [6, 6.07) is 18.6. The molecule has 8 heteroatoms. The van der Waals surface area contributed by atoms with Crippen LogP contribution in [0.2, 0.25) is 0 Å². The van der Waals surface area contributed by atoms with Crippen LogP contribution in [-0.2, 0) is 9.53 Å². The minimum Gasteiger partial charge on any atom is -0.465 e. The van der Waals surface area contributed by atoms with Crippen molar-refractivity contribution in [1.29, 1.82) is 0 Å². The van der Waals surface area contributed by atoms with Crippen molar-refractivity contribution in [3.8, 4) is 0 Å². The van der Waals surface area contributed by atoms with Crippen LogP contribution in [0.4, 0.5) is 22.7 Å². The van der Waals surface area contributed by atoms with E-state index in [0.717, 1.165) is 0 Å². The average Bonchev–Trinajstić information content (AvgIpc) is 3.13. The summed E-state index contributed by atoms with van der Waals surface area (Å²) in [6.45, 7) is 0. The third-order valence-corrected chi connectivity index (χ3v) is 4.96. The molecule has 1 aliphatic rings. The number of anilines is 4. The van der Waals surface area contributed by atoms with Gasteiger partial charge in [-0.3, -0.25) is 9.59 Å². The molecule has 0 radical (unpaired) electrons. The predicted molar refractivity (Wildman–Crippen MR) is 123 cm³/mol. The lowest BCUT2D eigenvalue weighted by Gasteiger charge is -2.09. The van der Waals surface area contributed by atoms with Gasteiger partial charge in [-0.05, 0) is 54.6 Å². The molecule has 1 aliphatic heterocycles. The first-order valence-corrected chi connectivity index (χ1v) is 9.73. The molecule has 0 fully saturated rings. The van der Waals surface area contributed by atoms with Crippen LogP contribution in [0.15, 0.2) is 72.9 Å². The van der Waals surface area contributed by atoms with E-state index in [0.29, 0.717) is 45.0 Å². The number of benzene rings is 3. The molecule has 4 rings (SSSR count). The number of amides is 2. The van der Waals surface area contributed by atoms with Gasteiger partial charge in [0.1, 0.15) is 0 Å². The highest BCUT2D eigenvalue weighted by Crippen LogP contribution is 2.32. The lowest BCUT2D eigenvalue weighted by atomic mass is 10.0. The molecule has 8 nitrogen and oxygen atoms in total. The molecule has 0 bridgehead atoms. The monoisotopic (exact) mass is 428 g/mol. The Bertz CT molecular complexity index is 1250. The number of ether oxygens (including phenoxy) is 1. The molecule has 0 saturated carbocycles. The average molecular weight is 428 g/mol. The van der Waals surface area contributed by atoms with E-state index in [9.17, 15) is 14.4 Å². The van der Waals surface area contributed by atoms with Crippen LogP contribution in [0, 0.1) is 0 Å². The van der Waals surface area contributed by atoms with Crippen LogP contribution in [-0.4, -0.2) is 24.9 Å². The van der Waals surface area contributed by atoms with Crippen LogP contribution < -0.4 is 21.7 Å². The summed E-state index contributed by atoms with van der Waals surface area (Å²) in [4.78, 5) is 36.6. The standard InChI is InChI=1S/C24H20N4O4/c1-32-24(31)15-8-11-20-17(12-15)18(23(30)27-20)13-26-16-9-6-14(7-10-16)22(29)28-21-5-3-2-4-19(21)25/h2-13,26H,25H2,1H3,(H,27,30)(H,28,29)/b18-13-. The topological polar surface area (TPSA) is 123 Å². The molecule has 0 saturated heterocycles. The maximum absolute atomic E-state index is 12.4. The molecule has 160 valence electrons. The van der Waals surface area contributed by atoms with Crippen molar-refractivity contribution in [3.05, 3.63) is 89.6 Å². The molecule has 32 heavy (non-hydrogen) atoms. The summed E-state index contributed by atoms with van der Waals surface area (Å²) in [7, 11) is 1.30. The molecule has 0 atom stereocenters. The van der Waals surface area contributed by atoms with Crippen molar-refractivity contribution in [2.45, 2.75) is 0 Å². The molecule has 0 unspecified atom stereocenters. The lowest BCUT2D eigenvalue weighted by molar-refractivity contribution is -0.110. The fraction of sp³-hybridized carbons (Fsp3) is 0.0417. The second kappa shape index (κ2) is 8.65. The van der Waals surface area contributed by atoms with E-state index in [4.69, 9.17) is 10.5 Å². The van der Waals surface area contributed by atoms with Gasteiger partial charge in [-0.15, -0.1) is 0 Å². The van der Waals surface area contributed by atoms with Crippen LogP contribution >= 0.6 is 0 Å². The van der Waals surface area contributed by atoms with Gasteiger partial charge in [0, 0.05) is 28.7 Å². The minimum absolute atomic E-state index is 0.285. The number of esters is 1. The minimum atomic E-state index is -0.481. The fourth-order valence-corrected chi connectivity index (χ4v) is 3.25. The summed E-state index contributed by atoms with van der Waals surface area (Å²) in [5, 5.41) is 8.58. The SMILES string of the molecule is COC(=O)c1ccc2c(c1)/C(=C/Nc1ccc(C(=O)Nc3ccccc3N)cc1)C(=O)N2. The van der Waals surface area contributed by atoms with Gasteiger partial charge < -0.3 is 26.4 Å². The molecular weight excluding hydrogens is 408 g/mol. The van der Waals surface area contributed by atoms with E-state index in [1.807, 2.05) is 0 Å². The van der Waals surface area contributed by atoms with Gasteiger partial charge in [0.25, 0.3) is 11.8 Å². The number of hydrogen-bond acceptors (Lipinski definition) is 6. The van der Waals surface area contributed by atoms with Gasteiger partial charge >= 0.3 is 5.97 Å². The van der Waals surface area contributed by atoms with E-state index in [1.165, 1.54) is 7.11 Å². The lowest BCUT2D eigenvalue weighted by Crippen LogP contribution is -2.13. The number of carbonyl (C=O) groups excluding carboxylic acids is 3. The van der Waals surface area contributed by atoms with Crippen molar-refractivity contribution < 1.29 is 19.1 Å². The zero-order valence-corrected chi connectivity index (χ0v) is 17.1. The first-order valence-electron chi connectivity index (χ1n) is 9.73. The maximum atomic E-state index is 12.4. The Labute approximate surface area is 184 Å². The Morgan fingerprint density at radius 3 is 2.44 bits per heavy atom. The van der Waals surface area contributed by atoms with E-state index in [-0.39, 0.29) is 11.8 Å². The highest BCUT2D eigenvalue weighted by atomic mass is 16.5. The Morgan fingerprint density at radius 1 is 1.00 bits per heavy atom. The maximum Gasteiger partial charge on any atom is 0.337 e. The third-order valence-electron chi connectivity index (χ3n) is 4.96. The Balaban J connectivity index is 1.49. The van der Waals surface area contributed by atoms with E-state index >= 15 is 0 Å². The zero-order valence-electron chi connectivity index (χ0n) is 17.1. The Kier molecular flexibility index (Phi) is 5.59. The second-order valence-corrected chi connectivity index (χ2v) is 7.03. The quantitative estimate of drug-likeness (QED) is 0.279. The summed E-state index contributed by atoms with van der Waals surface area (Å²) in [6.07, 6.45) is 1.56. The zero-order chi connectivity index (χ0) is 22.7. The number of carbonyl (C=O) groups is 3. The molecule has 0 spiro atoms. The Morgan fingerprint density at radius 2 is 1.72 bits per heavy atom. The summed E-state index contributed by atoms with van der Waals surface area (Å²) in [5.41, 5.74) is 9.97. The molecular formula is C24H20N4O4. The molecule has 3 aromatic rings. The molecule has 5 N–H and O–H groups in total. The normalized spacial score (nSPS) is 13.3. The number of nitrogens with one attached hydrogen (secondary N) is 3. The highest BCUT2D eigenvalue weighted by molar-refractivity contribution is 6.32. The van der Waals surface area contributed by atoms with Crippen LogP contribution in [0.1, 0.15) is 26.3 Å². The number of hydrogen-bond donors (Lipinski definition) is 4. The first-order chi connectivity index (χ1) is 15.5. The van der Waals surface area contributed by atoms with Crippen molar-refractivity contribution in [2.75, 3.05) is 28.8 Å². The van der Waals surface area contributed by atoms with Crippen molar-refractivity contribution in [1.82, 2.24) is 0 Å². The largest absolute Gasteiger partial charge is 0.465 e. The van der Waals surface area contributed by atoms with E-state index in [1.54, 1.807) is 72.9 Å². The molecule has 3 aromatic carbocycles. The number of rotatable bonds is 5. The number of methoxy groups -OCH3 is 1. The number of para-hydroxylation sites is 2. The first kappa shape index (κ1) is 20.7. The van der Waals surface area contributed by atoms with E-state index in [2.05, 4.69) is 16.0 Å². The number of nitrogen functional groups attached to an aromatic ring is 1. The van der Waals surface area contributed by atoms with Crippen molar-refractivity contribution >= 4 is 46.1 Å².